The maximum absolute atomic E-state index is 11.8. The van der Waals surface area contributed by atoms with Crippen LogP contribution in [0.3, 0.4) is 0 Å². The fraction of sp³-hybridized carbons (Fsp3) is 0.500. The lowest BCUT2D eigenvalue weighted by Gasteiger charge is -2.15. The molecule has 1 saturated heterocycles. The molecule has 0 aromatic carbocycles. The van der Waals surface area contributed by atoms with Crippen molar-refractivity contribution in [2.45, 2.75) is 32.2 Å². The van der Waals surface area contributed by atoms with E-state index in [2.05, 4.69) is 15.6 Å². The summed E-state index contributed by atoms with van der Waals surface area (Å²) in [4.78, 5) is 26.1. The molecule has 7 nitrogen and oxygen atoms in total. The predicted octanol–water partition coefficient (Wildman–Crippen LogP) is 1.38. The van der Waals surface area contributed by atoms with Crippen molar-refractivity contribution in [3.05, 3.63) is 27.9 Å². The monoisotopic (exact) mass is 264 g/mol. The molecule has 0 spiro atoms. The summed E-state index contributed by atoms with van der Waals surface area (Å²) in [5.41, 5.74) is 0.319. The second-order valence-electron chi connectivity index (χ2n) is 4.54. The molecular weight excluding hydrogens is 248 g/mol. The first-order valence-corrected chi connectivity index (χ1v) is 6.24. The van der Waals surface area contributed by atoms with Gasteiger partial charge in [-0.2, -0.15) is 0 Å². The van der Waals surface area contributed by atoms with Gasteiger partial charge in [-0.25, -0.2) is 4.98 Å². The largest absolute Gasteiger partial charge is 0.358 e. The summed E-state index contributed by atoms with van der Waals surface area (Å²) in [5, 5.41) is 16.6. The van der Waals surface area contributed by atoms with Crippen molar-refractivity contribution < 1.29 is 9.72 Å². The molecule has 19 heavy (non-hydrogen) atoms. The fourth-order valence-corrected chi connectivity index (χ4v) is 2.08. The molecule has 0 aliphatic carbocycles. The first kappa shape index (κ1) is 13.3. The fourth-order valence-electron chi connectivity index (χ4n) is 2.08. The maximum Gasteiger partial charge on any atom is 0.290 e. The zero-order chi connectivity index (χ0) is 13.8. The highest BCUT2D eigenvalue weighted by atomic mass is 16.6. The number of carbonyl (C=O) groups excluding carboxylic acids is 1. The number of nitro groups is 1. The number of hydrogen-bond acceptors (Lipinski definition) is 5. The van der Waals surface area contributed by atoms with Gasteiger partial charge in [-0.3, -0.25) is 14.9 Å². The quantitative estimate of drug-likeness (QED) is 0.635. The number of hydrogen-bond donors (Lipinski definition) is 2. The van der Waals surface area contributed by atoms with E-state index in [1.54, 1.807) is 6.92 Å². The van der Waals surface area contributed by atoms with E-state index >= 15 is 0 Å². The lowest BCUT2D eigenvalue weighted by atomic mass is 10.1. The summed E-state index contributed by atoms with van der Waals surface area (Å²) in [7, 11) is 0. The normalized spacial score (nSPS) is 19.4. The SMILES string of the molecule is Cc1nc(NC2CCCCNC2=O)ccc1[N+](=O)[O-]. The van der Waals surface area contributed by atoms with Crippen LogP contribution in [0.25, 0.3) is 0 Å². The summed E-state index contributed by atoms with van der Waals surface area (Å²) >= 11 is 0. The Morgan fingerprint density at radius 2 is 2.26 bits per heavy atom. The Morgan fingerprint density at radius 3 is 2.95 bits per heavy atom. The molecule has 1 fully saturated rings. The molecule has 1 aliphatic rings. The molecule has 0 saturated carbocycles. The molecule has 2 N–H and O–H groups in total. The van der Waals surface area contributed by atoms with Crippen molar-refractivity contribution in [3.63, 3.8) is 0 Å². The number of aromatic nitrogens is 1. The smallest absolute Gasteiger partial charge is 0.290 e. The zero-order valence-electron chi connectivity index (χ0n) is 10.7. The summed E-state index contributed by atoms with van der Waals surface area (Å²) in [6.07, 6.45) is 2.67. The lowest BCUT2D eigenvalue weighted by molar-refractivity contribution is -0.385. The molecule has 0 bridgehead atoms. The molecule has 7 heteroatoms. The summed E-state index contributed by atoms with van der Waals surface area (Å²) in [5.74, 6) is 0.445. The summed E-state index contributed by atoms with van der Waals surface area (Å²) < 4.78 is 0. The number of rotatable bonds is 3. The minimum Gasteiger partial charge on any atom is -0.358 e. The topological polar surface area (TPSA) is 97.2 Å². The van der Waals surface area contributed by atoms with Crippen LogP contribution in [0.15, 0.2) is 12.1 Å². The number of nitrogens with zero attached hydrogens (tertiary/aromatic N) is 2. The summed E-state index contributed by atoms with van der Waals surface area (Å²) in [6, 6.07) is 2.61. The number of carbonyl (C=O) groups is 1. The van der Waals surface area contributed by atoms with Crippen molar-refractivity contribution in [1.82, 2.24) is 10.3 Å². The molecular formula is C12H16N4O3. The molecule has 2 rings (SSSR count). The van der Waals surface area contributed by atoms with Crippen LogP contribution in [0, 0.1) is 17.0 Å². The molecule has 1 unspecified atom stereocenters. The third-order valence-corrected chi connectivity index (χ3v) is 3.11. The molecule has 1 atom stereocenters. The van der Waals surface area contributed by atoms with E-state index in [9.17, 15) is 14.9 Å². The van der Waals surface area contributed by atoms with E-state index in [4.69, 9.17) is 0 Å². The van der Waals surface area contributed by atoms with Gasteiger partial charge in [-0.15, -0.1) is 0 Å². The maximum atomic E-state index is 11.8. The number of amides is 1. The Morgan fingerprint density at radius 1 is 1.47 bits per heavy atom. The Kier molecular flexibility index (Phi) is 3.94. The second-order valence-corrected chi connectivity index (χ2v) is 4.54. The van der Waals surface area contributed by atoms with Crippen LogP contribution in [0.2, 0.25) is 0 Å². The van der Waals surface area contributed by atoms with Crippen LogP contribution in [-0.2, 0) is 4.79 Å². The Bertz CT molecular complexity index is 504. The van der Waals surface area contributed by atoms with Gasteiger partial charge in [0.05, 0.1) is 4.92 Å². The van der Waals surface area contributed by atoms with Crippen LogP contribution < -0.4 is 10.6 Å². The van der Waals surface area contributed by atoms with E-state index in [1.807, 2.05) is 0 Å². The molecule has 0 radical (unpaired) electrons. The van der Waals surface area contributed by atoms with Gasteiger partial charge < -0.3 is 10.6 Å². The average molecular weight is 264 g/mol. The Balaban J connectivity index is 2.12. The van der Waals surface area contributed by atoms with Crippen LogP contribution in [0.1, 0.15) is 25.0 Å². The lowest BCUT2D eigenvalue weighted by Crippen LogP contribution is -2.38. The molecule has 1 amide bonds. The van der Waals surface area contributed by atoms with Gasteiger partial charge >= 0.3 is 0 Å². The van der Waals surface area contributed by atoms with Crippen LogP contribution in [-0.4, -0.2) is 28.4 Å². The van der Waals surface area contributed by atoms with Crippen molar-refractivity contribution in [2.75, 3.05) is 11.9 Å². The minimum absolute atomic E-state index is 0.0177. The first-order chi connectivity index (χ1) is 9.08. The van der Waals surface area contributed by atoms with Gasteiger partial charge in [0.1, 0.15) is 17.6 Å². The highest BCUT2D eigenvalue weighted by molar-refractivity contribution is 5.84. The Hall–Kier alpha value is -2.18. The van der Waals surface area contributed by atoms with Gasteiger partial charge in [0, 0.05) is 12.6 Å². The van der Waals surface area contributed by atoms with E-state index in [0.29, 0.717) is 18.1 Å². The molecule has 1 aromatic heterocycles. The highest BCUT2D eigenvalue weighted by Gasteiger charge is 2.21. The van der Waals surface area contributed by atoms with E-state index in [-0.39, 0.29) is 17.6 Å². The molecule has 2 heterocycles. The molecule has 1 aliphatic heterocycles. The highest BCUT2D eigenvalue weighted by Crippen LogP contribution is 2.19. The number of pyridine rings is 1. The van der Waals surface area contributed by atoms with Crippen LogP contribution >= 0.6 is 0 Å². The first-order valence-electron chi connectivity index (χ1n) is 6.24. The number of nitrogens with one attached hydrogen (secondary N) is 2. The van der Waals surface area contributed by atoms with Crippen molar-refractivity contribution in [2.24, 2.45) is 0 Å². The van der Waals surface area contributed by atoms with E-state index < -0.39 is 4.92 Å². The second kappa shape index (κ2) is 5.64. The zero-order valence-corrected chi connectivity index (χ0v) is 10.7. The van der Waals surface area contributed by atoms with Gasteiger partial charge in [-0.05, 0) is 32.3 Å². The van der Waals surface area contributed by atoms with Gasteiger partial charge in [0.25, 0.3) is 5.69 Å². The standard InChI is InChI=1S/C12H16N4O3/c1-8-10(16(18)19)5-6-11(14-8)15-9-4-2-3-7-13-12(9)17/h5-6,9H,2-4,7H2,1H3,(H,13,17)(H,14,15). The van der Waals surface area contributed by atoms with E-state index in [0.717, 1.165) is 19.3 Å². The third-order valence-electron chi connectivity index (χ3n) is 3.11. The third kappa shape index (κ3) is 3.18. The van der Waals surface area contributed by atoms with Gasteiger partial charge in [0.15, 0.2) is 0 Å². The molecule has 1 aromatic rings. The number of anilines is 1. The Labute approximate surface area is 110 Å². The van der Waals surface area contributed by atoms with Crippen molar-refractivity contribution in [3.8, 4) is 0 Å². The van der Waals surface area contributed by atoms with Crippen LogP contribution in [0.5, 0.6) is 0 Å². The summed E-state index contributed by atoms with van der Waals surface area (Å²) in [6.45, 7) is 2.28. The number of aryl methyl sites for hydroxylation is 1. The van der Waals surface area contributed by atoms with Crippen LogP contribution in [0.4, 0.5) is 11.5 Å². The average Bonchev–Trinajstić information content (AvgIpc) is 2.55. The van der Waals surface area contributed by atoms with Crippen molar-refractivity contribution in [1.29, 1.82) is 0 Å². The van der Waals surface area contributed by atoms with Gasteiger partial charge in [-0.1, -0.05) is 0 Å². The van der Waals surface area contributed by atoms with Gasteiger partial charge in [0.2, 0.25) is 5.91 Å². The van der Waals surface area contributed by atoms with Crippen molar-refractivity contribution >= 4 is 17.4 Å². The predicted molar refractivity (Wildman–Crippen MR) is 69.9 cm³/mol. The van der Waals surface area contributed by atoms with E-state index in [1.165, 1.54) is 12.1 Å². The minimum atomic E-state index is -0.468. The molecule has 102 valence electrons.